The number of nitrogens with zero attached hydrogens (tertiary/aromatic N) is 2. The van der Waals surface area contributed by atoms with Gasteiger partial charge in [-0.3, -0.25) is 0 Å². The molecule has 7 heteroatoms. The molecule has 0 aliphatic heterocycles. The predicted molar refractivity (Wildman–Crippen MR) is 108 cm³/mol. The second-order valence-corrected chi connectivity index (χ2v) is 7.83. The molecular formula is C19H19N3O2S2. The number of anilines is 2. The summed E-state index contributed by atoms with van der Waals surface area (Å²) >= 11 is 3.38. The van der Waals surface area contributed by atoms with Crippen molar-refractivity contribution in [2.24, 2.45) is 0 Å². The van der Waals surface area contributed by atoms with Gasteiger partial charge in [0.2, 0.25) is 0 Å². The zero-order valence-corrected chi connectivity index (χ0v) is 16.4. The van der Waals surface area contributed by atoms with Crippen LogP contribution in [0.5, 0.6) is 0 Å². The number of carboxylic acids is 1. The molecule has 26 heavy (non-hydrogen) atoms. The summed E-state index contributed by atoms with van der Waals surface area (Å²) < 4.78 is 1.22. The molecule has 0 bridgehead atoms. The number of rotatable bonds is 6. The zero-order valence-electron chi connectivity index (χ0n) is 14.7. The van der Waals surface area contributed by atoms with Crippen LogP contribution in [-0.2, 0) is 6.42 Å². The number of thioether (sulfide) groups is 1. The molecule has 2 heterocycles. The summed E-state index contributed by atoms with van der Waals surface area (Å²) in [4.78, 5) is 21.4. The van der Waals surface area contributed by atoms with Crippen LogP contribution in [0.25, 0.3) is 10.7 Å². The normalized spacial score (nSPS) is 10.7. The van der Waals surface area contributed by atoms with Gasteiger partial charge in [0.15, 0.2) is 5.82 Å². The Hall–Kier alpha value is -2.38. The summed E-state index contributed by atoms with van der Waals surface area (Å²) in [7, 11) is 0. The van der Waals surface area contributed by atoms with E-state index < -0.39 is 5.97 Å². The van der Waals surface area contributed by atoms with Crippen molar-refractivity contribution in [2.75, 3.05) is 11.6 Å². The highest BCUT2D eigenvalue weighted by Gasteiger charge is 2.14. The van der Waals surface area contributed by atoms with Crippen LogP contribution in [0.4, 0.5) is 11.5 Å². The molecule has 3 rings (SSSR count). The first-order valence-electron chi connectivity index (χ1n) is 8.14. The van der Waals surface area contributed by atoms with Crippen molar-refractivity contribution in [1.29, 1.82) is 0 Å². The van der Waals surface area contributed by atoms with E-state index in [1.165, 1.54) is 4.21 Å². The summed E-state index contributed by atoms with van der Waals surface area (Å²) in [5.41, 5.74) is 3.05. The smallest absolute Gasteiger partial charge is 0.335 e. The quantitative estimate of drug-likeness (QED) is 0.565. The molecule has 2 N–H and O–H groups in total. The van der Waals surface area contributed by atoms with E-state index in [4.69, 9.17) is 10.1 Å². The van der Waals surface area contributed by atoms with E-state index in [9.17, 15) is 4.79 Å². The second kappa shape index (κ2) is 7.88. The van der Waals surface area contributed by atoms with Gasteiger partial charge in [-0.05, 0) is 56.0 Å². The first kappa shape index (κ1) is 18.4. The largest absolute Gasteiger partial charge is 0.478 e. The SMILES string of the molecule is CCc1c(C)nc(-c2ccc(SC)s2)nc1Nc1ccc(C(=O)O)cc1. The Morgan fingerprint density at radius 2 is 1.92 bits per heavy atom. The van der Waals surface area contributed by atoms with Gasteiger partial charge in [-0.1, -0.05) is 6.92 Å². The number of carboxylic acid groups (broad SMARTS) is 1. The number of aryl methyl sites for hydroxylation is 1. The molecule has 0 fully saturated rings. The second-order valence-electron chi connectivity index (χ2n) is 5.64. The van der Waals surface area contributed by atoms with Gasteiger partial charge < -0.3 is 10.4 Å². The molecule has 0 spiro atoms. The van der Waals surface area contributed by atoms with Crippen LogP contribution in [-0.4, -0.2) is 27.3 Å². The number of hydrogen-bond donors (Lipinski definition) is 2. The van der Waals surface area contributed by atoms with Gasteiger partial charge in [0, 0.05) is 16.9 Å². The van der Waals surface area contributed by atoms with Crippen LogP contribution in [0.3, 0.4) is 0 Å². The van der Waals surface area contributed by atoms with Crippen LogP contribution in [0, 0.1) is 6.92 Å². The van der Waals surface area contributed by atoms with Crippen molar-refractivity contribution in [3.05, 3.63) is 53.2 Å². The maximum Gasteiger partial charge on any atom is 0.335 e. The number of thiophene rings is 1. The van der Waals surface area contributed by atoms with E-state index in [1.54, 1.807) is 47.4 Å². The zero-order chi connectivity index (χ0) is 18.7. The lowest BCUT2D eigenvalue weighted by atomic mass is 10.1. The average Bonchev–Trinajstić information content (AvgIpc) is 3.11. The molecule has 3 aromatic rings. The number of nitrogens with one attached hydrogen (secondary N) is 1. The highest BCUT2D eigenvalue weighted by molar-refractivity contribution is 8.00. The molecule has 0 saturated carbocycles. The van der Waals surface area contributed by atoms with Crippen molar-refractivity contribution >= 4 is 40.6 Å². The van der Waals surface area contributed by atoms with Crippen molar-refractivity contribution in [3.63, 3.8) is 0 Å². The molecule has 0 atom stereocenters. The summed E-state index contributed by atoms with van der Waals surface area (Å²) in [6.45, 7) is 4.06. The van der Waals surface area contributed by atoms with E-state index in [0.717, 1.165) is 34.1 Å². The van der Waals surface area contributed by atoms with E-state index in [-0.39, 0.29) is 5.56 Å². The Morgan fingerprint density at radius 1 is 1.19 bits per heavy atom. The molecule has 0 aliphatic carbocycles. The van der Waals surface area contributed by atoms with Crippen LogP contribution in [0.2, 0.25) is 0 Å². The van der Waals surface area contributed by atoms with E-state index >= 15 is 0 Å². The van der Waals surface area contributed by atoms with Crippen LogP contribution >= 0.6 is 23.1 Å². The van der Waals surface area contributed by atoms with Gasteiger partial charge in [0.25, 0.3) is 0 Å². The van der Waals surface area contributed by atoms with E-state index in [1.807, 2.05) is 13.0 Å². The number of aromatic nitrogens is 2. The Bertz CT molecular complexity index is 936. The fourth-order valence-electron chi connectivity index (χ4n) is 2.62. The predicted octanol–water partition coefficient (Wildman–Crippen LogP) is 5.24. The Morgan fingerprint density at radius 3 is 2.50 bits per heavy atom. The molecule has 134 valence electrons. The fraction of sp³-hybridized carbons (Fsp3) is 0.211. The molecule has 2 aromatic heterocycles. The standard InChI is InChI=1S/C19H19N3O2S2/c1-4-14-11(2)20-18(15-9-10-16(25-3)26-15)22-17(14)21-13-7-5-12(6-8-13)19(23)24/h5-10H,4H2,1-3H3,(H,23,24)(H,20,21,22). The van der Waals surface area contributed by atoms with Crippen LogP contribution < -0.4 is 5.32 Å². The number of hydrogen-bond acceptors (Lipinski definition) is 6. The number of aromatic carboxylic acids is 1. The molecule has 0 amide bonds. The van der Waals surface area contributed by atoms with Gasteiger partial charge in [-0.25, -0.2) is 14.8 Å². The van der Waals surface area contributed by atoms with E-state index in [0.29, 0.717) is 5.82 Å². The highest BCUT2D eigenvalue weighted by atomic mass is 32.2. The lowest BCUT2D eigenvalue weighted by molar-refractivity contribution is 0.0697. The highest BCUT2D eigenvalue weighted by Crippen LogP contribution is 2.33. The minimum atomic E-state index is -0.937. The lowest BCUT2D eigenvalue weighted by Crippen LogP contribution is -2.05. The van der Waals surface area contributed by atoms with Crippen molar-refractivity contribution in [3.8, 4) is 10.7 Å². The maximum atomic E-state index is 11.0. The van der Waals surface area contributed by atoms with Gasteiger partial charge >= 0.3 is 5.97 Å². The number of benzene rings is 1. The topological polar surface area (TPSA) is 75.1 Å². The van der Waals surface area contributed by atoms with Crippen LogP contribution in [0.1, 0.15) is 28.5 Å². The Balaban J connectivity index is 1.97. The van der Waals surface area contributed by atoms with Gasteiger partial charge in [-0.15, -0.1) is 23.1 Å². The molecular weight excluding hydrogens is 366 g/mol. The Labute approximate surface area is 160 Å². The minimum Gasteiger partial charge on any atom is -0.478 e. The molecule has 0 saturated heterocycles. The van der Waals surface area contributed by atoms with Gasteiger partial charge in [0.05, 0.1) is 14.6 Å². The molecule has 0 aliphatic rings. The summed E-state index contributed by atoms with van der Waals surface area (Å²) in [6.07, 6.45) is 2.86. The van der Waals surface area contributed by atoms with Gasteiger partial charge in [-0.2, -0.15) is 0 Å². The van der Waals surface area contributed by atoms with Crippen LogP contribution in [0.15, 0.2) is 40.6 Å². The Kier molecular flexibility index (Phi) is 5.58. The summed E-state index contributed by atoms with van der Waals surface area (Å²) in [5, 5.41) is 12.3. The third kappa shape index (κ3) is 3.89. The first-order valence-corrected chi connectivity index (χ1v) is 10.2. The van der Waals surface area contributed by atoms with Crippen molar-refractivity contribution < 1.29 is 9.90 Å². The molecule has 0 radical (unpaired) electrons. The third-order valence-corrected chi connectivity index (χ3v) is 6.13. The summed E-state index contributed by atoms with van der Waals surface area (Å²) in [5.74, 6) is 0.528. The lowest BCUT2D eigenvalue weighted by Gasteiger charge is -2.13. The third-order valence-electron chi connectivity index (χ3n) is 3.96. The van der Waals surface area contributed by atoms with Crippen molar-refractivity contribution in [1.82, 2.24) is 9.97 Å². The summed E-state index contributed by atoms with van der Waals surface area (Å²) in [6, 6.07) is 10.8. The maximum absolute atomic E-state index is 11.0. The van der Waals surface area contributed by atoms with E-state index in [2.05, 4.69) is 29.5 Å². The molecule has 1 aromatic carbocycles. The fourth-order valence-corrected chi connectivity index (χ4v) is 4.09. The number of carbonyl (C=O) groups is 1. The van der Waals surface area contributed by atoms with Crippen molar-refractivity contribution in [2.45, 2.75) is 24.5 Å². The minimum absolute atomic E-state index is 0.258. The average molecular weight is 386 g/mol. The molecule has 0 unspecified atom stereocenters. The van der Waals surface area contributed by atoms with Gasteiger partial charge in [0.1, 0.15) is 5.82 Å². The molecule has 5 nitrogen and oxygen atoms in total. The first-order chi connectivity index (χ1) is 12.5. The monoisotopic (exact) mass is 385 g/mol.